The van der Waals surface area contributed by atoms with E-state index in [9.17, 15) is 31.5 Å². The first-order chi connectivity index (χ1) is 22.9. The fraction of sp³-hybridized carbons (Fsp3) is 0.265. The van der Waals surface area contributed by atoms with E-state index >= 15 is 0 Å². The van der Waals surface area contributed by atoms with E-state index in [1.54, 1.807) is 48.5 Å². The molecule has 4 aromatic rings. The van der Waals surface area contributed by atoms with Gasteiger partial charge in [0.25, 0.3) is 0 Å². The van der Waals surface area contributed by atoms with Gasteiger partial charge in [-0.15, -0.1) is 0 Å². The first-order valence-corrected chi connectivity index (χ1v) is 16.3. The molecule has 2 heterocycles. The Labute approximate surface area is 274 Å². The Morgan fingerprint density at radius 1 is 0.833 bits per heavy atom. The van der Waals surface area contributed by atoms with Crippen LogP contribution in [0.5, 0.6) is 23.0 Å². The molecule has 0 aliphatic carbocycles. The highest BCUT2D eigenvalue weighted by Gasteiger charge is 2.37. The maximum Gasteiger partial charge on any atom is 0.416 e. The molecule has 0 fully saturated rings. The van der Waals surface area contributed by atoms with Crippen molar-refractivity contribution in [1.82, 2.24) is 9.62 Å². The number of carbonyl (C=O) groups is 1. The van der Waals surface area contributed by atoms with E-state index < -0.39 is 46.2 Å². The normalized spacial score (nSPS) is 15.0. The molecule has 10 nitrogen and oxygen atoms in total. The van der Waals surface area contributed by atoms with Crippen LogP contribution < -0.4 is 24.3 Å². The number of hydrogen-bond donors (Lipinski definition) is 2. The third kappa shape index (κ3) is 7.20. The molecule has 0 aromatic heterocycles. The molecule has 0 bridgehead atoms. The number of aliphatic carboxylic acids is 1. The number of rotatable bonds is 12. The van der Waals surface area contributed by atoms with Gasteiger partial charge >= 0.3 is 12.1 Å². The van der Waals surface area contributed by atoms with Gasteiger partial charge in [-0.2, -0.15) is 17.5 Å². The van der Waals surface area contributed by atoms with Crippen LogP contribution in [0.15, 0.2) is 89.8 Å². The van der Waals surface area contributed by atoms with Crippen molar-refractivity contribution in [2.45, 2.75) is 37.1 Å². The summed E-state index contributed by atoms with van der Waals surface area (Å²) in [7, 11) is -4.28. The van der Waals surface area contributed by atoms with E-state index in [0.717, 1.165) is 22.0 Å². The largest absolute Gasteiger partial charge is 0.481 e. The lowest BCUT2D eigenvalue weighted by molar-refractivity contribution is -0.143. The first-order valence-electron chi connectivity index (χ1n) is 14.9. The lowest BCUT2D eigenvalue weighted by atomic mass is 9.91. The third-order valence-electron chi connectivity index (χ3n) is 8.13. The molecule has 6 rings (SSSR count). The fourth-order valence-corrected chi connectivity index (χ4v) is 7.00. The van der Waals surface area contributed by atoms with E-state index in [-0.39, 0.29) is 37.1 Å². The summed E-state index contributed by atoms with van der Waals surface area (Å²) in [4.78, 5) is 13.0. The van der Waals surface area contributed by atoms with Crippen molar-refractivity contribution in [3.8, 4) is 23.0 Å². The van der Waals surface area contributed by atoms with Gasteiger partial charge < -0.3 is 29.4 Å². The zero-order valence-corrected chi connectivity index (χ0v) is 26.4. The van der Waals surface area contributed by atoms with E-state index in [4.69, 9.17) is 18.9 Å². The van der Waals surface area contributed by atoms with Gasteiger partial charge in [-0.3, -0.25) is 4.79 Å². The van der Waals surface area contributed by atoms with E-state index in [1.807, 2.05) is 6.92 Å². The molecule has 0 amide bonds. The van der Waals surface area contributed by atoms with Crippen LogP contribution in [0.4, 0.5) is 13.2 Å². The SMILES string of the molecule is Cc1ccc(S(=O)(=O)N(Cc2ccc3c(c2)OCO3)CC(C(=O)O)C(NCc2ccc3c(c2)OCO3)c2ccc(C(F)(F)F)cc2)cc1. The smallest absolute Gasteiger partial charge is 0.416 e. The van der Waals surface area contributed by atoms with Crippen LogP contribution in [-0.2, 0) is 34.1 Å². The molecule has 2 unspecified atom stereocenters. The van der Waals surface area contributed by atoms with Crippen molar-refractivity contribution in [2.75, 3.05) is 20.1 Å². The maximum atomic E-state index is 14.1. The summed E-state index contributed by atoms with van der Waals surface area (Å²) in [5.74, 6) is -0.859. The summed E-state index contributed by atoms with van der Waals surface area (Å²) in [6.45, 7) is 1.20. The first kappa shape index (κ1) is 33.1. The van der Waals surface area contributed by atoms with Crippen LogP contribution in [0.3, 0.4) is 0 Å². The number of fused-ring (bicyclic) bond motifs is 2. The standard InChI is InChI=1S/C34H31F3N2O8S/c1-21-2-10-26(11-3-21)48(42,43)39(17-23-5-13-29-31(15-23)47-20-45-29)18-27(33(40)41)32(24-6-8-25(9-7-24)34(35,36)37)38-16-22-4-12-28-30(14-22)46-19-44-28/h2-15,27,32,38H,16-20H2,1H3,(H,40,41). The molecule has 0 radical (unpaired) electrons. The molecular formula is C34H31F3N2O8S. The number of nitrogens with zero attached hydrogens (tertiary/aromatic N) is 1. The Balaban J connectivity index is 1.37. The molecule has 0 spiro atoms. The average Bonchev–Trinajstić information content (AvgIpc) is 3.73. The number of nitrogens with one attached hydrogen (secondary N) is 1. The number of carboxylic acid groups (broad SMARTS) is 1. The number of aryl methyl sites for hydroxylation is 1. The van der Waals surface area contributed by atoms with Crippen molar-refractivity contribution in [2.24, 2.45) is 5.92 Å². The van der Waals surface area contributed by atoms with Gasteiger partial charge in [-0.1, -0.05) is 42.0 Å². The summed E-state index contributed by atoms with van der Waals surface area (Å²) < 4.78 is 91.3. The number of alkyl halides is 3. The second-order valence-electron chi connectivity index (χ2n) is 11.4. The van der Waals surface area contributed by atoms with Gasteiger partial charge in [0.05, 0.1) is 16.4 Å². The second-order valence-corrected chi connectivity index (χ2v) is 13.3. The average molecular weight is 685 g/mol. The van der Waals surface area contributed by atoms with Gasteiger partial charge in [-0.25, -0.2) is 8.42 Å². The number of benzene rings is 4. The van der Waals surface area contributed by atoms with Crippen LogP contribution in [0.1, 0.15) is 33.9 Å². The van der Waals surface area contributed by atoms with Crippen molar-refractivity contribution >= 4 is 16.0 Å². The maximum absolute atomic E-state index is 14.1. The predicted molar refractivity (Wildman–Crippen MR) is 166 cm³/mol. The number of carboxylic acids is 1. The lowest BCUT2D eigenvalue weighted by Crippen LogP contribution is -2.43. The minimum atomic E-state index is -4.61. The molecule has 252 valence electrons. The molecule has 48 heavy (non-hydrogen) atoms. The zero-order valence-electron chi connectivity index (χ0n) is 25.6. The summed E-state index contributed by atoms with van der Waals surface area (Å²) in [6.07, 6.45) is -4.61. The minimum Gasteiger partial charge on any atom is -0.481 e. The quantitative estimate of drug-likeness (QED) is 0.188. The predicted octanol–water partition coefficient (Wildman–Crippen LogP) is 5.89. The number of ether oxygens (including phenoxy) is 4. The molecule has 0 saturated carbocycles. The van der Waals surface area contributed by atoms with Crippen LogP contribution in [0, 0.1) is 12.8 Å². The Hall–Kier alpha value is -4.79. The molecule has 4 aromatic carbocycles. The van der Waals surface area contributed by atoms with Crippen molar-refractivity contribution in [1.29, 1.82) is 0 Å². The van der Waals surface area contributed by atoms with E-state index in [2.05, 4.69) is 5.32 Å². The van der Waals surface area contributed by atoms with Crippen molar-refractivity contribution < 1.29 is 50.4 Å². The molecule has 2 aliphatic heterocycles. The molecule has 0 saturated heterocycles. The molecule has 2 N–H and O–H groups in total. The highest BCUT2D eigenvalue weighted by molar-refractivity contribution is 7.89. The van der Waals surface area contributed by atoms with Crippen molar-refractivity contribution in [3.63, 3.8) is 0 Å². The summed E-state index contributed by atoms with van der Waals surface area (Å²) >= 11 is 0. The van der Waals surface area contributed by atoms with E-state index in [1.165, 1.54) is 24.3 Å². The van der Waals surface area contributed by atoms with Gasteiger partial charge in [0.1, 0.15) is 0 Å². The van der Waals surface area contributed by atoms with Gasteiger partial charge in [0.2, 0.25) is 23.6 Å². The Morgan fingerprint density at radius 3 is 1.98 bits per heavy atom. The van der Waals surface area contributed by atoms with Gasteiger partial charge in [0, 0.05) is 25.7 Å². The second kappa shape index (κ2) is 13.4. The van der Waals surface area contributed by atoms with Crippen LogP contribution >= 0.6 is 0 Å². The third-order valence-corrected chi connectivity index (χ3v) is 9.96. The lowest BCUT2D eigenvalue weighted by Gasteiger charge is -2.31. The summed E-state index contributed by atoms with van der Waals surface area (Å²) in [6, 6.07) is 19.3. The van der Waals surface area contributed by atoms with Crippen LogP contribution in [-0.4, -0.2) is 43.9 Å². The van der Waals surface area contributed by atoms with Crippen LogP contribution in [0.2, 0.25) is 0 Å². The Kier molecular flexibility index (Phi) is 9.23. The monoisotopic (exact) mass is 684 g/mol. The van der Waals surface area contributed by atoms with Gasteiger partial charge in [0.15, 0.2) is 23.0 Å². The molecule has 2 atom stereocenters. The summed E-state index contributed by atoms with van der Waals surface area (Å²) in [5.41, 5.74) is 1.35. The highest BCUT2D eigenvalue weighted by atomic mass is 32.2. The molecular weight excluding hydrogens is 653 g/mol. The molecule has 2 aliphatic rings. The topological polar surface area (TPSA) is 124 Å². The fourth-order valence-electron chi connectivity index (χ4n) is 5.55. The summed E-state index contributed by atoms with van der Waals surface area (Å²) in [5, 5.41) is 13.8. The van der Waals surface area contributed by atoms with Crippen molar-refractivity contribution in [3.05, 3.63) is 113 Å². The minimum absolute atomic E-state index is 0.00903. The van der Waals surface area contributed by atoms with E-state index in [0.29, 0.717) is 34.1 Å². The molecule has 14 heteroatoms. The Morgan fingerprint density at radius 2 is 1.40 bits per heavy atom. The number of sulfonamides is 1. The number of halogens is 3. The van der Waals surface area contributed by atoms with Gasteiger partial charge in [-0.05, 0) is 72.1 Å². The number of hydrogen-bond acceptors (Lipinski definition) is 8. The zero-order chi connectivity index (χ0) is 34.1. The van der Waals surface area contributed by atoms with Crippen LogP contribution in [0.25, 0.3) is 0 Å². The Bertz CT molecular complexity index is 1900. The highest BCUT2D eigenvalue weighted by Crippen LogP contribution is 2.36.